The highest BCUT2D eigenvalue weighted by Gasteiger charge is 2.21. The van der Waals surface area contributed by atoms with Crippen LogP contribution in [0, 0.1) is 5.82 Å². The van der Waals surface area contributed by atoms with Gasteiger partial charge in [0.05, 0.1) is 19.3 Å². The van der Waals surface area contributed by atoms with E-state index in [1.807, 2.05) is 0 Å². The fourth-order valence-corrected chi connectivity index (χ4v) is 1.23. The number of aliphatic hydroxyl groups excluding tert-OH is 1. The zero-order valence-corrected chi connectivity index (χ0v) is 10.2. The summed E-state index contributed by atoms with van der Waals surface area (Å²) >= 11 is 0. The third-order valence-electron chi connectivity index (χ3n) is 2.39. The maximum absolute atomic E-state index is 13.5. The first kappa shape index (κ1) is 14.4. The van der Waals surface area contributed by atoms with Gasteiger partial charge >= 0.3 is 0 Å². The third-order valence-corrected chi connectivity index (χ3v) is 2.39. The molecule has 1 unspecified atom stereocenters. The second-order valence-corrected chi connectivity index (χ2v) is 4.18. The number of carbonyl (C=O) groups excluding carboxylic acids is 1. The van der Waals surface area contributed by atoms with Crippen molar-refractivity contribution in [1.29, 1.82) is 0 Å². The molecule has 0 saturated carbocycles. The van der Waals surface area contributed by atoms with E-state index in [1.165, 1.54) is 26.2 Å². The Morgan fingerprint density at radius 2 is 2.22 bits per heavy atom. The normalized spacial score (nSPS) is 13.8. The van der Waals surface area contributed by atoms with Crippen molar-refractivity contribution in [2.24, 2.45) is 0 Å². The van der Waals surface area contributed by atoms with Crippen molar-refractivity contribution < 1.29 is 24.1 Å². The number of methoxy groups -OCH3 is 1. The number of hydrogen-bond acceptors (Lipinski definition) is 4. The molecule has 1 rings (SSSR count). The Kier molecular flexibility index (Phi) is 4.63. The van der Waals surface area contributed by atoms with E-state index >= 15 is 0 Å². The van der Waals surface area contributed by atoms with Crippen LogP contribution >= 0.6 is 0 Å². The van der Waals surface area contributed by atoms with Gasteiger partial charge in [0.2, 0.25) is 0 Å². The van der Waals surface area contributed by atoms with Gasteiger partial charge in [0.1, 0.15) is 17.2 Å². The number of nitrogens with one attached hydrogen (secondary N) is 1. The summed E-state index contributed by atoms with van der Waals surface area (Å²) in [6.45, 7) is 0.684. The van der Waals surface area contributed by atoms with Crippen molar-refractivity contribution in [1.82, 2.24) is 5.32 Å². The predicted molar refractivity (Wildman–Crippen MR) is 63.0 cm³/mol. The van der Waals surface area contributed by atoms with E-state index in [0.717, 1.165) is 6.07 Å². The molecule has 6 heteroatoms. The standard InChI is InChI=1S/C12H16FNO4/c1-12(17,7-15)6-14-11(16)9-4-3-8(18-2)5-10(9)13/h3-5,15,17H,6-7H2,1-2H3,(H,14,16). The van der Waals surface area contributed by atoms with E-state index in [9.17, 15) is 14.3 Å². The smallest absolute Gasteiger partial charge is 0.254 e. The van der Waals surface area contributed by atoms with Crippen molar-refractivity contribution in [3.05, 3.63) is 29.6 Å². The molecular formula is C12H16FNO4. The van der Waals surface area contributed by atoms with Crippen LogP contribution in [-0.4, -0.2) is 42.0 Å². The van der Waals surface area contributed by atoms with Crippen molar-refractivity contribution in [3.63, 3.8) is 0 Å². The van der Waals surface area contributed by atoms with Crippen molar-refractivity contribution >= 4 is 5.91 Å². The van der Waals surface area contributed by atoms with Gasteiger partial charge in [-0.2, -0.15) is 0 Å². The van der Waals surface area contributed by atoms with Gasteiger partial charge in [-0.05, 0) is 19.1 Å². The average molecular weight is 257 g/mol. The molecule has 18 heavy (non-hydrogen) atoms. The van der Waals surface area contributed by atoms with E-state index in [-0.39, 0.29) is 12.1 Å². The van der Waals surface area contributed by atoms with E-state index in [2.05, 4.69) is 5.32 Å². The van der Waals surface area contributed by atoms with Crippen LogP contribution in [0.15, 0.2) is 18.2 Å². The summed E-state index contributed by atoms with van der Waals surface area (Å²) in [5, 5.41) is 20.6. The van der Waals surface area contributed by atoms with Gasteiger partial charge in [0, 0.05) is 12.6 Å². The first-order valence-corrected chi connectivity index (χ1v) is 5.34. The maximum Gasteiger partial charge on any atom is 0.254 e. The SMILES string of the molecule is COc1ccc(C(=O)NCC(C)(O)CO)c(F)c1. The molecule has 0 aliphatic heterocycles. The van der Waals surface area contributed by atoms with Gasteiger partial charge in [-0.25, -0.2) is 4.39 Å². The number of ether oxygens (including phenoxy) is 1. The van der Waals surface area contributed by atoms with E-state index in [1.54, 1.807) is 0 Å². The highest BCUT2D eigenvalue weighted by atomic mass is 19.1. The van der Waals surface area contributed by atoms with Crippen LogP contribution in [0.4, 0.5) is 4.39 Å². The highest BCUT2D eigenvalue weighted by Crippen LogP contribution is 2.16. The molecule has 5 nitrogen and oxygen atoms in total. The number of carbonyl (C=O) groups is 1. The topological polar surface area (TPSA) is 78.8 Å². The number of halogens is 1. The van der Waals surface area contributed by atoms with E-state index < -0.39 is 23.9 Å². The lowest BCUT2D eigenvalue weighted by molar-refractivity contribution is 0.00316. The summed E-state index contributed by atoms with van der Waals surface area (Å²) in [5.74, 6) is -1.06. The number of amides is 1. The first-order valence-electron chi connectivity index (χ1n) is 5.34. The molecule has 0 aromatic heterocycles. The number of aliphatic hydroxyl groups is 2. The summed E-state index contributed by atoms with van der Waals surface area (Å²) < 4.78 is 18.4. The van der Waals surface area contributed by atoms with Crippen LogP contribution in [0.25, 0.3) is 0 Å². The molecule has 1 amide bonds. The molecule has 0 heterocycles. The van der Waals surface area contributed by atoms with Crippen LogP contribution in [0.5, 0.6) is 5.75 Å². The van der Waals surface area contributed by atoms with Crippen molar-refractivity contribution in [2.45, 2.75) is 12.5 Å². The lowest BCUT2D eigenvalue weighted by atomic mass is 10.1. The minimum absolute atomic E-state index is 0.149. The van der Waals surface area contributed by atoms with Crippen molar-refractivity contribution in [2.75, 3.05) is 20.3 Å². The number of rotatable bonds is 5. The zero-order valence-electron chi connectivity index (χ0n) is 10.2. The maximum atomic E-state index is 13.5. The lowest BCUT2D eigenvalue weighted by Gasteiger charge is -2.20. The Hall–Kier alpha value is -1.66. The molecule has 0 saturated heterocycles. The van der Waals surface area contributed by atoms with Gasteiger partial charge in [0.25, 0.3) is 5.91 Å². The molecular weight excluding hydrogens is 241 g/mol. The monoisotopic (exact) mass is 257 g/mol. The molecule has 0 radical (unpaired) electrons. The Morgan fingerprint density at radius 3 is 2.72 bits per heavy atom. The molecule has 0 aliphatic rings. The Labute approximate surface area is 104 Å². The van der Waals surface area contributed by atoms with Crippen LogP contribution in [0.1, 0.15) is 17.3 Å². The van der Waals surface area contributed by atoms with Crippen LogP contribution in [0.2, 0.25) is 0 Å². The summed E-state index contributed by atoms with van der Waals surface area (Å²) in [6, 6.07) is 3.85. The first-order chi connectivity index (χ1) is 8.39. The molecule has 1 aromatic rings. The minimum atomic E-state index is -1.43. The molecule has 3 N–H and O–H groups in total. The second kappa shape index (κ2) is 5.79. The third kappa shape index (κ3) is 3.68. The summed E-state index contributed by atoms with van der Waals surface area (Å²) in [4.78, 5) is 11.6. The fraction of sp³-hybridized carbons (Fsp3) is 0.417. The van der Waals surface area contributed by atoms with Crippen molar-refractivity contribution in [3.8, 4) is 5.75 Å². The fourth-order valence-electron chi connectivity index (χ4n) is 1.23. The quantitative estimate of drug-likeness (QED) is 0.709. The summed E-state index contributed by atoms with van der Waals surface area (Å²) in [5.41, 5.74) is -1.58. The number of hydrogen-bond donors (Lipinski definition) is 3. The molecule has 100 valence electrons. The predicted octanol–water partition coefficient (Wildman–Crippen LogP) is 0.307. The summed E-state index contributed by atoms with van der Waals surface area (Å²) in [6.07, 6.45) is 0. The average Bonchev–Trinajstić information content (AvgIpc) is 2.36. The molecule has 0 fully saturated rings. The molecule has 0 aliphatic carbocycles. The Bertz CT molecular complexity index is 434. The van der Waals surface area contributed by atoms with E-state index in [0.29, 0.717) is 5.75 Å². The zero-order chi connectivity index (χ0) is 13.8. The highest BCUT2D eigenvalue weighted by molar-refractivity contribution is 5.94. The largest absolute Gasteiger partial charge is 0.497 e. The van der Waals surface area contributed by atoms with Gasteiger partial charge < -0.3 is 20.3 Å². The van der Waals surface area contributed by atoms with E-state index in [4.69, 9.17) is 9.84 Å². The Morgan fingerprint density at radius 1 is 1.56 bits per heavy atom. The Balaban J connectivity index is 2.73. The summed E-state index contributed by atoms with van der Waals surface area (Å²) in [7, 11) is 1.40. The molecule has 1 atom stereocenters. The molecule has 0 bridgehead atoms. The van der Waals surface area contributed by atoms with Gasteiger partial charge in [-0.15, -0.1) is 0 Å². The minimum Gasteiger partial charge on any atom is -0.497 e. The second-order valence-electron chi connectivity index (χ2n) is 4.18. The van der Waals surface area contributed by atoms with Gasteiger partial charge in [0.15, 0.2) is 0 Å². The van der Waals surface area contributed by atoms with Crippen LogP contribution in [-0.2, 0) is 0 Å². The number of benzene rings is 1. The van der Waals surface area contributed by atoms with Crippen LogP contribution < -0.4 is 10.1 Å². The van der Waals surface area contributed by atoms with Gasteiger partial charge in [-0.3, -0.25) is 4.79 Å². The molecule has 0 spiro atoms. The lowest BCUT2D eigenvalue weighted by Crippen LogP contribution is -2.43. The van der Waals surface area contributed by atoms with Gasteiger partial charge in [-0.1, -0.05) is 0 Å². The van der Waals surface area contributed by atoms with Crippen LogP contribution in [0.3, 0.4) is 0 Å². The molecule has 1 aromatic carbocycles.